The molecule has 2 unspecified atom stereocenters. The molecular weight excluding hydrogens is 172 g/mol. The van der Waals surface area contributed by atoms with Gasteiger partial charge >= 0.3 is 0 Å². The van der Waals surface area contributed by atoms with Gasteiger partial charge in [0.1, 0.15) is 0 Å². The van der Waals surface area contributed by atoms with Crippen LogP contribution in [-0.2, 0) is 0 Å². The first-order valence-corrected chi connectivity index (χ1v) is 5.47. The molecule has 0 aromatic carbocycles. The molecule has 1 aliphatic heterocycles. The van der Waals surface area contributed by atoms with Gasteiger partial charge in [-0.25, -0.2) is 0 Å². The zero-order chi connectivity index (χ0) is 9.97. The molecule has 0 spiro atoms. The van der Waals surface area contributed by atoms with Crippen LogP contribution in [0.1, 0.15) is 37.1 Å². The number of nitrogens with zero attached hydrogens (tertiary/aromatic N) is 1. The van der Waals surface area contributed by atoms with Crippen molar-refractivity contribution in [2.45, 2.75) is 32.7 Å². The lowest BCUT2D eigenvalue weighted by Gasteiger charge is -2.17. The molecule has 2 atom stereocenters. The Morgan fingerprint density at radius 1 is 1.50 bits per heavy atom. The molecule has 2 heteroatoms. The summed E-state index contributed by atoms with van der Waals surface area (Å²) in [6.45, 7) is 5.45. The lowest BCUT2D eigenvalue weighted by atomic mass is 9.93. The quantitative estimate of drug-likeness (QED) is 0.775. The average molecular weight is 190 g/mol. The third-order valence-electron chi connectivity index (χ3n) is 3.17. The van der Waals surface area contributed by atoms with Crippen LogP contribution in [0.5, 0.6) is 0 Å². The second-order valence-electron chi connectivity index (χ2n) is 4.12. The second kappa shape index (κ2) is 4.09. The minimum atomic E-state index is 0.535. The van der Waals surface area contributed by atoms with Crippen LogP contribution in [0.15, 0.2) is 18.3 Å². The molecule has 0 bridgehead atoms. The van der Waals surface area contributed by atoms with Gasteiger partial charge in [-0.3, -0.25) is 4.98 Å². The summed E-state index contributed by atoms with van der Waals surface area (Å²) >= 11 is 0. The van der Waals surface area contributed by atoms with Gasteiger partial charge in [-0.05, 0) is 37.4 Å². The molecule has 0 amide bonds. The first-order valence-electron chi connectivity index (χ1n) is 5.47. The number of hydrogen-bond acceptors (Lipinski definition) is 2. The average Bonchev–Trinajstić information content (AvgIpc) is 2.67. The molecule has 14 heavy (non-hydrogen) atoms. The molecule has 76 valence electrons. The van der Waals surface area contributed by atoms with E-state index in [1.165, 1.54) is 18.4 Å². The Kier molecular flexibility index (Phi) is 2.82. The standard InChI is InChI=1S/C12H18N2/c1-3-10-6-7-13-12(10)11-5-4-9(2)14-8-11/h4-5,8,10,12-13H,3,6-7H2,1-2H3. The van der Waals surface area contributed by atoms with Gasteiger partial charge < -0.3 is 5.32 Å². The van der Waals surface area contributed by atoms with E-state index in [-0.39, 0.29) is 0 Å². The van der Waals surface area contributed by atoms with Crippen molar-refractivity contribution in [3.8, 4) is 0 Å². The van der Waals surface area contributed by atoms with Crippen molar-refractivity contribution < 1.29 is 0 Å². The van der Waals surface area contributed by atoms with E-state index < -0.39 is 0 Å². The summed E-state index contributed by atoms with van der Waals surface area (Å²) in [5, 5.41) is 3.55. The predicted molar refractivity (Wildman–Crippen MR) is 58.1 cm³/mol. The molecule has 2 nitrogen and oxygen atoms in total. The summed E-state index contributed by atoms with van der Waals surface area (Å²) in [5.74, 6) is 0.791. The van der Waals surface area contributed by atoms with Crippen LogP contribution in [0.25, 0.3) is 0 Å². The summed E-state index contributed by atoms with van der Waals surface area (Å²) < 4.78 is 0. The number of rotatable bonds is 2. The lowest BCUT2D eigenvalue weighted by Crippen LogP contribution is -2.17. The third-order valence-corrected chi connectivity index (χ3v) is 3.17. The van der Waals surface area contributed by atoms with Crippen molar-refractivity contribution >= 4 is 0 Å². The molecule has 1 fully saturated rings. The fraction of sp³-hybridized carbons (Fsp3) is 0.583. The van der Waals surface area contributed by atoms with E-state index in [1.807, 2.05) is 13.1 Å². The summed E-state index contributed by atoms with van der Waals surface area (Å²) in [6.07, 6.45) is 4.57. The van der Waals surface area contributed by atoms with Crippen LogP contribution in [0.2, 0.25) is 0 Å². The molecular formula is C12H18N2. The Hall–Kier alpha value is -0.890. The van der Waals surface area contributed by atoms with Crippen molar-refractivity contribution in [1.82, 2.24) is 10.3 Å². The maximum Gasteiger partial charge on any atom is 0.0372 e. The van der Waals surface area contributed by atoms with Gasteiger partial charge in [0.15, 0.2) is 0 Å². The van der Waals surface area contributed by atoms with E-state index in [0.29, 0.717) is 6.04 Å². The zero-order valence-electron chi connectivity index (χ0n) is 8.96. The molecule has 1 N–H and O–H groups in total. The molecule has 0 radical (unpaired) electrons. The van der Waals surface area contributed by atoms with Gasteiger partial charge in [0.05, 0.1) is 0 Å². The van der Waals surface area contributed by atoms with Crippen LogP contribution in [-0.4, -0.2) is 11.5 Å². The van der Waals surface area contributed by atoms with Crippen molar-refractivity contribution in [3.05, 3.63) is 29.6 Å². The van der Waals surface area contributed by atoms with Crippen molar-refractivity contribution in [1.29, 1.82) is 0 Å². The smallest absolute Gasteiger partial charge is 0.0372 e. The lowest BCUT2D eigenvalue weighted by molar-refractivity contribution is 0.448. The maximum absolute atomic E-state index is 4.35. The van der Waals surface area contributed by atoms with Crippen LogP contribution < -0.4 is 5.32 Å². The van der Waals surface area contributed by atoms with Gasteiger partial charge in [-0.15, -0.1) is 0 Å². The van der Waals surface area contributed by atoms with Gasteiger partial charge in [-0.1, -0.05) is 19.4 Å². The Labute approximate surface area is 85.7 Å². The molecule has 0 aliphatic carbocycles. The summed E-state index contributed by atoms with van der Waals surface area (Å²) in [5.41, 5.74) is 2.44. The van der Waals surface area contributed by atoms with E-state index >= 15 is 0 Å². The largest absolute Gasteiger partial charge is 0.310 e. The predicted octanol–water partition coefficient (Wildman–Crippen LogP) is 2.45. The van der Waals surface area contributed by atoms with E-state index in [1.54, 1.807) is 0 Å². The Bertz CT molecular complexity index is 292. The summed E-state index contributed by atoms with van der Waals surface area (Å²) in [6, 6.07) is 4.84. The van der Waals surface area contributed by atoms with Gasteiger partial charge in [0.2, 0.25) is 0 Å². The number of aryl methyl sites for hydroxylation is 1. The van der Waals surface area contributed by atoms with Crippen molar-refractivity contribution in [2.75, 3.05) is 6.54 Å². The minimum absolute atomic E-state index is 0.535. The number of nitrogens with one attached hydrogen (secondary N) is 1. The fourth-order valence-corrected chi connectivity index (χ4v) is 2.25. The second-order valence-corrected chi connectivity index (χ2v) is 4.12. The summed E-state index contributed by atoms with van der Waals surface area (Å²) in [4.78, 5) is 4.35. The maximum atomic E-state index is 4.35. The van der Waals surface area contributed by atoms with Gasteiger partial charge in [0, 0.05) is 17.9 Å². The van der Waals surface area contributed by atoms with Crippen LogP contribution in [0.4, 0.5) is 0 Å². The monoisotopic (exact) mass is 190 g/mol. The molecule has 1 aliphatic rings. The number of aromatic nitrogens is 1. The number of pyridine rings is 1. The Balaban J connectivity index is 2.17. The fourth-order valence-electron chi connectivity index (χ4n) is 2.25. The van der Waals surface area contributed by atoms with Gasteiger partial charge in [-0.2, -0.15) is 0 Å². The van der Waals surface area contributed by atoms with E-state index in [9.17, 15) is 0 Å². The SMILES string of the molecule is CCC1CCNC1c1ccc(C)nc1. The van der Waals surface area contributed by atoms with E-state index in [4.69, 9.17) is 0 Å². The van der Waals surface area contributed by atoms with Crippen molar-refractivity contribution in [3.63, 3.8) is 0 Å². The Morgan fingerprint density at radius 3 is 3.00 bits per heavy atom. The highest BCUT2D eigenvalue weighted by Gasteiger charge is 2.26. The van der Waals surface area contributed by atoms with Crippen LogP contribution in [0, 0.1) is 12.8 Å². The summed E-state index contributed by atoms with van der Waals surface area (Å²) in [7, 11) is 0. The van der Waals surface area contributed by atoms with Crippen LogP contribution in [0.3, 0.4) is 0 Å². The first-order chi connectivity index (χ1) is 6.81. The Morgan fingerprint density at radius 2 is 2.36 bits per heavy atom. The molecule has 1 saturated heterocycles. The third kappa shape index (κ3) is 1.80. The molecule has 1 aromatic rings. The molecule has 2 heterocycles. The highest BCUT2D eigenvalue weighted by molar-refractivity contribution is 5.19. The van der Waals surface area contributed by atoms with Gasteiger partial charge in [0.25, 0.3) is 0 Å². The highest BCUT2D eigenvalue weighted by atomic mass is 15.0. The molecule has 2 rings (SSSR count). The molecule has 1 aromatic heterocycles. The van der Waals surface area contributed by atoms with Crippen molar-refractivity contribution in [2.24, 2.45) is 5.92 Å². The first kappa shape index (κ1) is 9.66. The topological polar surface area (TPSA) is 24.9 Å². The molecule has 0 saturated carbocycles. The zero-order valence-corrected chi connectivity index (χ0v) is 8.96. The number of hydrogen-bond donors (Lipinski definition) is 1. The van der Waals surface area contributed by atoms with Crippen LogP contribution >= 0.6 is 0 Å². The normalized spacial score (nSPS) is 26.7. The highest BCUT2D eigenvalue weighted by Crippen LogP contribution is 2.31. The minimum Gasteiger partial charge on any atom is -0.310 e. The van der Waals surface area contributed by atoms with E-state index in [0.717, 1.165) is 18.2 Å². The van der Waals surface area contributed by atoms with E-state index in [2.05, 4.69) is 29.4 Å².